The van der Waals surface area contributed by atoms with Crippen molar-refractivity contribution < 1.29 is 4.74 Å². The Kier molecular flexibility index (Phi) is 3.62. The van der Waals surface area contributed by atoms with E-state index in [9.17, 15) is 0 Å². The summed E-state index contributed by atoms with van der Waals surface area (Å²) >= 11 is 3.73. The summed E-state index contributed by atoms with van der Waals surface area (Å²) in [5.41, 5.74) is 2.39. The molecular weight excluding hydrogens is 276 g/mol. The average Bonchev–Trinajstić information content (AvgIpc) is 2.29. The van der Waals surface area contributed by atoms with Crippen LogP contribution in [-0.4, -0.2) is 5.60 Å². The van der Waals surface area contributed by atoms with Crippen LogP contribution in [0.15, 0.2) is 28.7 Å². The quantitative estimate of drug-likeness (QED) is 0.749. The summed E-state index contributed by atoms with van der Waals surface area (Å²) in [6, 6.07) is 8.32. The molecule has 0 radical (unpaired) electrons. The molecule has 0 atom stereocenters. The molecule has 1 heterocycles. The fourth-order valence-corrected chi connectivity index (χ4v) is 2.70. The van der Waals surface area contributed by atoms with E-state index in [-0.39, 0.29) is 5.60 Å². The number of benzene rings is 1. The van der Waals surface area contributed by atoms with Gasteiger partial charge in [-0.25, -0.2) is 0 Å². The van der Waals surface area contributed by atoms with E-state index < -0.39 is 0 Å². The Bertz CT molecular complexity index is 446. The van der Waals surface area contributed by atoms with Crippen molar-refractivity contribution in [1.82, 2.24) is 0 Å². The third-order valence-corrected chi connectivity index (χ3v) is 4.58. The van der Waals surface area contributed by atoms with Crippen LogP contribution in [0.1, 0.15) is 45.6 Å². The maximum atomic E-state index is 6.04. The minimum atomic E-state index is -0.253. The first-order chi connectivity index (χ1) is 8.06. The Morgan fingerprint density at radius 1 is 1.24 bits per heavy atom. The molecule has 0 amide bonds. The molecule has 0 aromatic heterocycles. The normalized spacial score (nSPS) is 17.6. The summed E-state index contributed by atoms with van der Waals surface area (Å²) in [7, 11) is 0. The van der Waals surface area contributed by atoms with Gasteiger partial charge in [0.25, 0.3) is 0 Å². The lowest BCUT2D eigenvalue weighted by atomic mass is 9.91. The van der Waals surface area contributed by atoms with E-state index in [0.29, 0.717) is 0 Å². The van der Waals surface area contributed by atoms with E-state index in [2.05, 4.69) is 54.9 Å². The van der Waals surface area contributed by atoms with Crippen LogP contribution in [0.2, 0.25) is 0 Å². The first kappa shape index (κ1) is 12.7. The fourth-order valence-electron chi connectivity index (χ4n) is 2.20. The molecule has 92 valence electrons. The van der Waals surface area contributed by atoms with Gasteiger partial charge in [-0.3, -0.25) is 0 Å². The summed E-state index contributed by atoms with van der Waals surface area (Å²) in [5, 5.41) is 0. The Hall–Kier alpha value is -0.760. The molecule has 0 spiro atoms. The molecule has 0 fully saturated rings. The van der Waals surface area contributed by atoms with Crippen molar-refractivity contribution in [2.24, 2.45) is 0 Å². The molecule has 2 rings (SSSR count). The number of rotatable bonds is 3. The monoisotopic (exact) mass is 294 g/mol. The SMILES string of the molecule is CCCCC1=C(Br)C(C)(C)Oc2ccccc21. The third kappa shape index (κ3) is 2.42. The number of unbranched alkanes of at least 4 members (excludes halogenated alkanes) is 1. The number of fused-ring (bicyclic) bond motifs is 1. The Morgan fingerprint density at radius 3 is 2.65 bits per heavy atom. The van der Waals surface area contributed by atoms with E-state index >= 15 is 0 Å². The maximum absolute atomic E-state index is 6.04. The lowest BCUT2D eigenvalue weighted by Crippen LogP contribution is -2.32. The van der Waals surface area contributed by atoms with E-state index in [1.54, 1.807) is 0 Å². The average molecular weight is 295 g/mol. The smallest absolute Gasteiger partial charge is 0.135 e. The van der Waals surface area contributed by atoms with Crippen LogP contribution >= 0.6 is 15.9 Å². The van der Waals surface area contributed by atoms with Gasteiger partial charge in [-0.2, -0.15) is 0 Å². The van der Waals surface area contributed by atoms with Crippen LogP contribution < -0.4 is 4.74 Å². The topological polar surface area (TPSA) is 9.23 Å². The predicted molar refractivity (Wildman–Crippen MR) is 76.5 cm³/mol. The molecular formula is C15H19BrO. The number of ether oxygens (including phenoxy) is 1. The van der Waals surface area contributed by atoms with Crippen molar-refractivity contribution in [1.29, 1.82) is 0 Å². The molecule has 0 saturated carbocycles. The van der Waals surface area contributed by atoms with Crippen LogP contribution in [-0.2, 0) is 0 Å². The first-order valence-electron chi connectivity index (χ1n) is 6.24. The van der Waals surface area contributed by atoms with Crippen molar-refractivity contribution in [3.8, 4) is 5.75 Å². The molecule has 1 aromatic carbocycles. The highest BCUT2D eigenvalue weighted by Crippen LogP contribution is 2.44. The first-order valence-corrected chi connectivity index (χ1v) is 7.03. The second-order valence-electron chi connectivity index (χ2n) is 5.00. The van der Waals surface area contributed by atoms with Gasteiger partial charge in [0.15, 0.2) is 0 Å². The third-order valence-electron chi connectivity index (χ3n) is 3.15. The molecule has 1 aromatic rings. The van der Waals surface area contributed by atoms with Gasteiger partial charge in [-0.05, 0) is 38.3 Å². The molecule has 2 heteroatoms. The minimum absolute atomic E-state index is 0.253. The molecule has 0 N–H and O–H groups in total. The number of para-hydroxylation sites is 1. The van der Waals surface area contributed by atoms with Crippen LogP contribution in [0, 0.1) is 0 Å². The van der Waals surface area contributed by atoms with Gasteiger partial charge in [-0.1, -0.05) is 47.5 Å². The second kappa shape index (κ2) is 4.85. The highest BCUT2D eigenvalue weighted by atomic mass is 79.9. The number of hydrogen-bond acceptors (Lipinski definition) is 1. The number of allylic oxidation sites excluding steroid dienone is 1. The van der Waals surface area contributed by atoms with Gasteiger partial charge >= 0.3 is 0 Å². The zero-order valence-electron chi connectivity index (χ0n) is 10.7. The predicted octanol–water partition coefficient (Wildman–Crippen LogP) is 5.15. The molecule has 1 aliphatic rings. The lowest BCUT2D eigenvalue weighted by Gasteiger charge is -2.34. The van der Waals surface area contributed by atoms with Gasteiger partial charge in [0, 0.05) is 10.0 Å². The summed E-state index contributed by atoms with van der Waals surface area (Å²) in [5.74, 6) is 1.01. The summed E-state index contributed by atoms with van der Waals surface area (Å²) in [6.07, 6.45) is 3.54. The highest BCUT2D eigenvalue weighted by molar-refractivity contribution is 9.12. The summed E-state index contributed by atoms with van der Waals surface area (Å²) in [4.78, 5) is 0. The standard InChI is InChI=1S/C15H19BrO/c1-4-5-8-12-11-9-6-7-10-13(11)17-15(2,3)14(12)16/h6-7,9-10H,4-5,8H2,1-3H3. The van der Waals surface area contributed by atoms with E-state index in [1.807, 2.05) is 6.07 Å². The van der Waals surface area contributed by atoms with Gasteiger partial charge in [-0.15, -0.1) is 0 Å². The highest BCUT2D eigenvalue weighted by Gasteiger charge is 2.32. The minimum Gasteiger partial charge on any atom is -0.482 e. The van der Waals surface area contributed by atoms with Crippen molar-refractivity contribution in [3.63, 3.8) is 0 Å². The Labute approximate surface area is 112 Å². The zero-order chi connectivity index (χ0) is 12.5. The van der Waals surface area contributed by atoms with Crippen LogP contribution in [0.3, 0.4) is 0 Å². The lowest BCUT2D eigenvalue weighted by molar-refractivity contribution is 0.154. The molecule has 0 unspecified atom stereocenters. The van der Waals surface area contributed by atoms with E-state index in [0.717, 1.165) is 12.2 Å². The van der Waals surface area contributed by atoms with Crippen LogP contribution in [0.5, 0.6) is 5.75 Å². The van der Waals surface area contributed by atoms with Crippen LogP contribution in [0.25, 0.3) is 5.57 Å². The van der Waals surface area contributed by atoms with Crippen molar-refractivity contribution in [2.45, 2.75) is 45.6 Å². The van der Waals surface area contributed by atoms with E-state index in [4.69, 9.17) is 4.74 Å². The summed E-state index contributed by atoms with van der Waals surface area (Å²) < 4.78 is 7.23. The largest absolute Gasteiger partial charge is 0.482 e. The maximum Gasteiger partial charge on any atom is 0.135 e. The number of hydrogen-bond donors (Lipinski definition) is 0. The fraction of sp³-hybridized carbons (Fsp3) is 0.467. The Morgan fingerprint density at radius 2 is 1.94 bits per heavy atom. The molecule has 17 heavy (non-hydrogen) atoms. The van der Waals surface area contributed by atoms with Gasteiger partial charge in [0.2, 0.25) is 0 Å². The summed E-state index contributed by atoms with van der Waals surface area (Å²) in [6.45, 7) is 6.45. The Balaban J connectivity index is 2.47. The molecule has 0 saturated heterocycles. The van der Waals surface area contributed by atoms with Gasteiger partial charge in [0.1, 0.15) is 11.4 Å². The molecule has 1 nitrogen and oxygen atoms in total. The zero-order valence-corrected chi connectivity index (χ0v) is 12.3. The van der Waals surface area contributed by atoms with Crippen LogP contribution in [0.4, 0.5) is 0 Å². The van der Waals surface area contributed by atoms with Gasteiger partial charge < -0.3 is 4.74 Å². The van der Waals surface area contributed by atoms with Gasteiger partial charge in [0.05, 0.1) is 0 Å². The van der Waals surface area contributed by atoms with Crippen molar-refractivity contribution >= 4 is 21.5 Å². The molecule has 1 aliphatic heterocycles. The van der Waals surface area contributed by atoms with E-state index in [1.165, 1.54) is 28.5 Å². The van der Waals surface area contributed by atoms with Crippen molar-refractivity contribution in [3.05, 3.63) is 34.3 Å². The molecule has 0 bridgehead atoms. The number of halogens is 1. The van der Waals surface area contributed by atoms with Crippen molar-refractivity contribution in [2.75, 3.05) is 0 Å². The second-order valence-corrected chi connectivity index (χ2v) is 5.80. The molecule has 0 aliphatic carbocycles.